The SMILES string of the molecule is C1=C(n2c3ccccc3c3ccccc32)C=C(n2c3ccccc3c3c2ccc2c4ccccc4n(-c4cccc(-n5c6ccccc6c6c5ccc5c7ccccc7n(-c7ccccc7)c56)c4)c23)CC1n1c2ccccc2c2ccccc21. The summed E-state index contributed by atoms with van der Waals surface area (Å²) < 4.78 is 15.2. The third-order valence-electron chi connectivity index (χ3n) is 18.5. The van der Waals surface area contributed by atoms with E-state index in [9.17, 15) is 0 Å². The molecule has 0 radical (unpaired) electrons. The quantitative estimate of drug-likeness (QED) is 0.159. The molecule has 0 saturated carbocycles. The van der Waals surface area contributed by atoms with Gasteiger partial charge in [0.15, 0.2) is 0 Å². The molecule has 6 heteroatoms. The summed E-state index contributed by atoms with van der Waals surface area (Å²) in [7, 11) is 0. The second kappa shape index (κ2) is 17.2. The molecule has 0 aliphatic heterocycles. The number of para-hydroxylation sites is 9. The van der Waals surface area contributed by atoms with Gasteiger partial charge >= 0.3 is 0 Å². The fraction of sp³-hybridized carbons (Fsp3) is 0.0256. The van der Waals surface area contributed by atoms with Gasteiger partial charge in [-0.05, 0) is 103 Å². The molecule has 1 unspecified atom stereocenters. The number of allylic oxidation sites excluding steroid dienone is 4. The summed E-state index contributed by atoms with van der Waals surface area (Å²) in [4.78, 5) is 0. The molecule has 0 N–H and O–H groups in total. The number of fused-ring (bicyclic) bond motifs is 20. The number of hydrogen-bond acceptors (Lipinski definition) is 0. The lowest BCUT2D eigenvalue weighted by Gasteiger charge is -2.27. The highest BCUT2D eigenvalue weighted by molar-refractivity contribution is 6.28. The van der Waals surface area contributed by atoms with Gasteiger partial charge in [-0.2, -0.15) is 0 Å². The van der Waals surface area contributed by atoms with E-state index in [4.69, 9.17) is 0 Å². The van der Waals surface area contributed by atoms with Crippen LogP contribution in [0, 0.1) is 0 Å². The molecule has 6 nitrogen and oxygen atoms in total. The summed E-state index contributed by atoms with van der Waals surface area (Å²) in [5.74, 6) is 0. The third-order valence-corrected chi connectivity index (χ3v) is 18.5. The second-order valence-corrected chi connectivity index (χ2v) is 22.8. The van der Waals surface area contributed by atoms with Crippen molar-refractivity contribution in [3.63, 3.8) is 0 Å². The monoisotopic (exact) mass is 1070 g/mol. The molecule has 1 atom stereocenters. The lowest BCUT2D eigenvalue weighted by Crippen LogP contribution is -2.15. The van der Waals surface area contributed by atoms with Gasteiger partial charge in [-0.1, -0.05) is 182 Å². The van der Waals surface area contributed by atoms with Crippen LogP contribution >= 0.6 is 0 Å². The van der Waals surface area contributed by atoms with E-state index < -0.39 is 0 Å². The smallest absolute Gasteiger partial charge is 0.0641 e. The van der Waals surface area contributed by atoms with Crippen LogP contribution in [0.15, 0.2) is 285 Å². The topological polar surface area (TPSA) is 29.6 Å². The van der Waals surface area contributed by atoms with E-state index >= 15 is 0 Å². The molecule has 0 spiro atoms. The molecule has 18 aromatic rings. The number of benzene rings is 12. The summed E-state index contributed by atoms with van der Waals surface area (Å²) in [6.45, 7) is 0. The van der Waals surface area contributed by atoms with Crippen LogP contribution in [0.2, 0.25) is 0 Å². The fourth-order valence-corrected chi connectivity index (χ4v) is 15.2. The molecule has 0 bridgehead atoms. The van der Waals surface area contributed by atoms with E-state index in [2.05, 4.69) is 313 Å². The largest absolute Gasteiger partial charge is 0.333 e. The molecule has 1 aliphatic carbocycles. The third kappa shape index (κ3) is 6.18. The Morgan fingerprint density at radius 2 is 0.607 bits per heavy atom. The first-order valence-electron chi connectivity index (χ1n) is 29.2. The zero-order valence-corrected chi connectivity index (χ0v) is 45.6. The van der Waals surface area contributed by atoms with Crippen LogP contribution in [0.5, 0.6) is 0 Å². The molecule has 0 saturated heterocycles. The first-order valence-corrected chi connectivity index (χ1v) is 29.2. The average molecular weight is 1070 g/mol. The summed E-state index contributed by atoms with van der Waals surface area (Å²) >= 11 is 0. The minimum Gasteiger partial charge on any atom is -0.333 e. The molecule has 19 rings (SSSR count). The predicted octanol–water partition coefficient (Wildman–Crippen LogP) is 20.3. The van der Waals surface area contributed by atoms with Gasteiger partial charge in [0.1, 0.15) is 0 Å². The van der Waals surface area contributed by atoms with E-state index in [1.54, 1.807) is 0 Å². The van der Waals surface area contributed by atoms with Gasteiger partial charge < -0.3 is 27.4 Å². The normalized spacial score (nSPS) is 14.2. The van der Waals surface area contributed by atoms with Crippen molar-refractivity contribution in [3.8, 4) is 17.1 Å². The van der Waals surface area contributed by atoms with Crippen molar-refractivity contribution in [2.75, 3.05) is 0 Å². The van der Waals surface area contributed by atoms with Crippen LogP contribution in [0.4, 0.5) is 0 Å². The summed E-state index contributed by atoms with van der Waals surface area (Å²) in [6, 6.07) is 101. The molecule has 12 aromatic carbocycles. The molecular formula is C78H50N6. The Hall–Kier alpha value is -11.1. The molecule has 1 aliphatic rings. The van der Waals surface area contributed by atoms with Crippen LogP contribution < -0.4 is 0 Å². The maximum Gasteiger partial charge on any atom is 0.0641 e. The highest BCUT2D eigenvalue weighted by atomic mass is 15.1. The van der Waals surface area contributed by atoms with Gasteiger partial charge in [-0.15, -0.1) is 0 Å². The van der Waals surface area contributed by atoms with Crippen molar-refractivity contribution in [1.29, 1.82) is 0 Å². The molecule has 392 valence electrons. The highest BCUT2D eigenvalue weighted by Crippen LogP contribution is 2.48. The van der Waals surface area contributed by atoms with Crippen molar-refractivity contribution >= 4 is 142 Å². The van der Waals surface area contributed by atoms with Crippen LogP contribution in [-0.4, -0.2) is 27.4 Å². The highest BCUT2D eigenvalue weighted by Gasteiger charge is 2.29. The van der Waals surface area contributed by atoms with Crippen molar-refractivity contribution in [2.24, 2.45) is 0 Å². The van der Waals surface area contributed by atoms with E-state index in [0.29, 0.717) is 0 Å². The maximum atomic E-state index is 2.60. The number of hydrogen-bond donors (Lipinski definition) is 0. The number of nitrogens with zero attached hydrogens (tertiary/aromatic N) is 6. The lowest BCUT2D eigenvalue weighted by molar-refractivity contribution is 0.645. The maximum absolute atomic E-state index is 2.60. The average Bonchev–Trinajstić information content (AvgIpc) is 1.89. The summed E-state index contributed by atoms with van der Waals surface area (Å²) in [5.41, 5.74) is 20.1. The molecule has 6 aromatic heterocycles. The molecular weight excluding hydrogens is 1020 g/mol. The minimum absolute atomic E-state index is 0.0162. The van der Waals surface area contributed by atoms with Crippen LogP contribution in [0.3, 0.4) is 0 Å². The van der Waals surface area contributed by atoms with Gasteiger partial charge in [0.2, 0.25) is 0 Å². The van der Waals surface area contributed by atoms with Gasteiger partial charge in [0.25, 0.3) is 0 Å². The molecule has 0 fully saturated rings. The Labute approximate surface area is 481 Å². The number of rotatable bonds is 6. The van der Waals surface area contributed by atoms with Gasteiger partial charge in [-0.25, -0.2) is 0 Å². The van der Waals surface area contributed by atoms with E-state index in [0.717, 1.165) is 29.2 Å². The Kier molecular flexibility index (Phi) is 9.36. The van der Waals surface area contributed by atoms with Gasteiger partial charge in [-0.3, -0.25) is 0 Å². The van der Waals surface area contributed by atoms with E-state index in [1.807, 2.05) is 0 Å². The van der Waals surface area contributed by atoms with Gasteiger partial charge in [0, 0.05) is 111 Å². The lowest BCUT2D eigenvalue weighted by atomic mass is 10.0. The van der Waals surface area contributed by atoms with Crippen LogP contribution in [-0.2, 0) is 0 Å². The minimum atomic E-state index is -0.0162. The van der Waals surface area contributed by atoms with Crippen molar-refractivity contribution in [2.45, 2.75) is 12.5 Å². The number of aromatic nitrogens is 6. The van der Waals surface area contributed by atoms with Crippen LogP contribution in [0.25, 0.3) is 159 Å². The Balaban J connectivity index is 0.863. The Morgan fingerprint density at radius 3 is 1.12 bits per heavy atom. The van der Waals surface area contributed by atoms with Crippen molar-refractivity contribution < 1.29 is 0 Å². The zero-order chi connectivity index (χ0) is 54.7. The summed E-state index contributed by atoms with van der Waals surface area (Å²) in [6.07, 6.45) is 5.79. The standard InChI is InChI=1S/C78H50N6/c1-2-21-49(22-3-1)83-69-37-16-8-29-59(69)61-41-43-73-75(77(61)83)63-31-10-18-39-71(63)79(73)50-23-20-24-51(45-50)84-70-38-17-9-30-60(70)62-42-44-74-76(78(62)84)64-32-11-19-40-72(64)82(74)54-47-52(80-65-33-12-4-25-55(65)56-26-5-13-34-66(56)80)46-53(48-54)81-67-35-14-6-27-57(67)58-28-7-15-36-68(58)81/h1-47,53H,48H2. The summed E-state index contributed by atoms with van der Waals surface area (Å²) in [5, 5.41) is 14.9. The van der Waals surface area contributed by atoms with Crippen LogP contribution in [0.1, 0.15) is 12.5 Å². The molecule has 84 heavy (non-hydrogen) atoms. The van der Waals surface area contributed by atoms with E-state index in [-0.39, 0.29) is 6.04 Å². The Bertz CT molecular complexity index is 5800. The predicted molar refractivity (Wildman–Crippen MR) is 354 cm³/mol. The van der Waals surface area contributed by atoms with Gasteiger partial charge in [0.05, 0.1) is 61.2 Å². The first-order chi connectivity index (χ1) is 41.7. The van der Waals surface area contributed by atoms with E-state index in [1.165, 1.54) is 137 Å². The van der Waals surface area contributed by atoms with Crippen molar-refractivity contribution in [3.05, 3.63) is 285 Å². The Morgan fingerprint density at radius 1 is 0.250 bits per heavy atom. The first kappa shape index (κ1) is 45.6. The zero-order valence-electron chi connectivity index (χ0n) is 45.6. The fourth-order valence-electron chi connectivity index (χ4n) is 15.2. The second-order valence-electron chi connectivity index (χ2n) is 22.8. The molecule has 0 amide bonds. The molecule has 6 heterocycles. The van der Waals surface area contributed by atoms with Crippen molar-refractivity contribution in [1.82, 2.24) is 27.4 Å².